The first-order valence-corrected chi connectivity index (χ1v) is 17.4. The first kappa shape index (κ1) is 29.7. The highest BCUT2D eigenvalue weighted by Gasteiger charge is 2.22. The average molecular weight is 641 g/mol. The lowest BCUT2D eigenvalue weighted by Crippen LogP contribution is -2.05. The maximum atomic E-state index is 3.79. The van der Waals surface area contributed by atoms with E-state index in [2.05, 4.69) is 198 Å². The van der Waals surface area contributed by atoms with Crippen LogP contribution < -0.4 is 5.32 Å². The Morgan fingerprint density at radius 2 is 1.00 bits per heavy atom. The second kappa shape index (κ2) is 12.9. The first-order chi connectivity index (χ1) is 24.8. The molecule has 1 aromatic heterocycles. The average Bonchev–Trinajstić information content (AvgIpc) is 3.53. The van der Waals surface area contributed by atoms with Crippen LogP contribution in [0.15, 0.2) is 182 Å². The molecule has 7 aromatic carbocycles. The summed E-state index contributed by atoms with van der Waals surface area (Å²) in [6, 6.07) is 65.3. The van der Waals surface area contributed by atoms with E-state index in [0.29, 0.717) is 0 Å². The number of fused-ring (bicyclic) bond motifs is 3. The summed E-state index contributed by atoms with van der Waals surface area (Å²) in [6.45, 7) is 0. The molecule has 2 nitrogen and oxygen atoms in total. The van der Waals surface area contributed by atoms with Gasteiger partial charge in [-0.25, -0.2) is 0 Å². The van der Waals surface area contributed by atoms with Crippen LogP contribution in [0.3, 0.4) is 0 Å². The molecule has 0 atom stereocenters. The maximum absolute atomic E-state index is 3.79. The van der Waals surface area contributed by atoms with Crippen molar-refractivity contribution in [1.82, 2.24) is 4.57 Å². The zero-order valence-corrected chi connectivity index (χ0v) is 27.8. The van der Waals surface area contributed by atoms with Crippen LogP contribution in [-0.4, -0.2) is 4.57 Å². The Hall–Kier alpha value is -6.38. The smallest absolute Gasteiger partial charge is 0.0537 e. The number of rotatable bonds is 7. The lowest BCUT2D eigenvalue weighted by Gasteiger charge is -2.19. The molecule has 0 saturated heterocycles. The number of para-hydroxylation sites is 3. The Balaban J connectivity index is 1.09. The second-order valence-corrected chi connectivity index (χ2v) is 13.0. The van der Waals surface area contributed by atoms with Gasteiger partial charge < -0.3 is 9.88 Å². The molecule has 8 aromatic rings. The molecule has 50 heavy (non-hydrogen) atoms. The number of allylic oxidation sites excluding steroid dienone is 1. The number of nitrogens with zero attached hydrogens (tertiary/aromatic N) is 1. The van der Waals surface area contributed by atoms with Crippen LogP contribution in [0.25, 0.3) is 61.6 Å². The van der Waals surface area contributed by atoms with Crippen molar-refractivity contribution in [3.05, 3.63) is 199 Å². The van der Waals surface area contributed by atoms with Gasteiger partial charge in [0.1, 0.15) is 0 Å². The van der Waals surface area contributed by atoms with Crippen LogP contribution in [0.1, 0.15) is 23.2 Å². The van der Waals surface area contributed by atoms with Gasteiger partial charge in [-0.15, -0.1) is 0 Å². The molecule has 0 bridgehead atoms. The van der Waals surface area contributed by atoms with E-state index in [4.69, 9.17) is 0 Å². The van der Waals surface area contributed by atoms with E-state index in [1.165, 1.54) is 72.4 Å². The number of hydrogen-bond acceptors (Lipinski definition) is 1. The van der Waals surface area contributed by atoms with Gasteiger partial charge in [0.2, 0.25) is 0 Å². The van der Waals surface area contributed by atoms with E-state index in [1.807, 2.05) is 0 Å². The fraction of sp³-hybridized carbons (Fsp3) is 0.0417. The van der Waals surface area contributed by atoms with E-state index in [9.17, 15) is 0 Å². The fourth-order valence-corrected chi connectivity index (χ4v) is 7.54. The summed E-state index contributed by atoms with van der Waals surface area (Å²) < 4.78 is 2.48. The zero-order valence-electron chi connectivity index (χ0n) is 27.8. The molecule has 2 heteroatoms. The van der Waals surface area contributed by atoms with Gasteiger partial charge in [0.15, 0.2) is 0 Å². The largest absolute Gasteiger partial charge is 0.355 e. The van der Waals surface area contributed by atoms with Crippen molar-refractivity contribution < 1.29 is 0 Å². The fourth-order valence-electron chi connectivity index (χ4n) is 7.54. The molecule has 0 spiro atoms. The molecule has 1 aliphatic carbocycles. The first-order valence-electron chi connectivity index (χ1n) is 17.4. The highest BCUT2D eigenvalue weighted by Crippen LogP contribution is 2.41. The molecule has 9 rings (SSSR count). The number of anilines is 2. The van der Waals surface area contributed by atoms with Crippen LogP contribution in [-0.2, 0) is 6.42 Å². The van der Waals surface area contributed by atoms with Gasteiger partial charge in [0.25, 0.3) is 0 Å². The summed E-state index contributed by atoms with van der Waals surface area (Å²) in [5.74, 6) is 0. The van der Waals surface area contributed by atoms with E-state index in [0.717, 1.165) is 24.2 Å². The van der Waals surface area contributed by atoms with Crippen molar-refractivity contribution in [2.75, 3.05) is 5.32 Å². The summed E-state index contributed by atoms with van der Waals surface area (Å²) >= 11 is 0. The molecule has 1 N–H and O–H groups in total. The number of nitrogens with one attached hydrogen (secondary N) is 1. The summed E-state index contributed by atoms with van der Waals surface area (Å²) in [4.78, 5) is 0. The van der Waals surface area contributed by atoms with Gasteiger partial charge in [0, 0.05) is 44.8 Å². The summed E-state index contributed by atoms with van der Waals surface area (Å²) in [7, 11) is 0. The van der Waals surface area contributed by atoms with Crippen molar-refractivity contribution in [3.8, 4) is 39.1 Å². The summed E-state index contributed by atoms with van der Waals surface area (Å²) in [6.07, 6.45) is 4.40. The van der Waals surface area contributed by atoms with Gasteiger partial charge in [-0.3, -0.25) is 0 Å². The Labute approximate surface area is 293 Å². The van der Waals surface area contributed by atoms with Crippen LogP contribution in [0.4, 0.5) is 11.4 Å². The third kappa shape index (κ3) is 5.51. The lowest BCUT2D eigenvalue weighted by molar-refractivity contribution is 0.898. The Kier molecular flexibility index (Phi) is 7.68. The number of hydrogen-bond donors (Lipinski definition) is 1. The molecule has 0 fully saturated rings. The molecule has 0 aliphatic heterocycles. The third-order valence-corrected chi connectivity index (χ3v) is 9.93. The van der Waals surface area contributed by atoms with Crippen LogP contribution in [0.2, 0.25) is 0 Å². The molecule has 0 radical (unpaired) electrons. The highest BCUT2D eigenvalue weighted by molar-refractivity contribution is 5.99. The molecule has 0 unspecified atom stereocenters. The molecule has 1 aliphatic rings. The summed E-state index contributed by atoms with van der Waals surface area (Å²) in [5, 5.41) is 5.08. The molecule has 238 valence electrons. The summed E-state index contributed by atoms with van der Waals surface area (Å²) in [5.41, 5.74) is 17.2. The third-order valence-electron chi connectivity index (χ3n) is 9.93. The van der Waals surface area contributed by atoms with Gasteiger partial charge in [-0.1, -0.05) is 146 Å². The van der Waals surface area contributed by atoms with Gasteiger partial charge in [0.05, 0.1) is 5.52 Å². The highest BCUT2D eigenvalue weighted by atomic mass is 15.0. The van der Waals surface area contributed by atoms with Crippen molar-refractivity contribution in [2.24, 2.45) is 0 Å². The molecule has 0 saturated carbocycles. The number of benzene rings is 7. The van der Waals surface area contributed by atoms with Gasteiger partial charge >= 0.3 is 0 Å². The SMILES string of the molecule is C1=C(c2cccc(-c3ccccc3Nc3ccccc3-c3ccccc3)c2)CCc2c1c1ccccc1n2-c1cccc(-c2ccccc2)c1. The standard InChI is InChI=1S/C48H36N2/c1-3-15-34(16-4-1)37-20-14-22-40(32-37)50-47-28-12-9-25-43(47)44-33-38(29-30-48(44)50)36-19-13-21-39(31-36)42-24-8-11-27-46(42)49-45-26-10-7-23-41(45)35-17-5-2-6-18-35/h1-28,31-33,49H,29-30H2. The monoisotopic (exact) mass is 640 g/mol. The van der Waals surface area contributed by atoms with E-state index in [-0.39, 0.29) is 0 Å². The second-order valence-electron chi connectivity index (χ2n) is 13.0. The van der Waals surface area contributed by atoms with Gasteiger partial charge in [-0.2, -0.15) is 0 Å². The van der Waals surface area contributed by atoms with E-state index < -0.39 is 0 Å². The topological polar surface area (TPSA) is 17.0 Å². The van der Waals surface area contributed by atoms with Crippen molar-refractivity contribution in [2.45, 2.75) is 12.8 Å². The Bertz CT molecular complexity index is 2500. The minimum atomic E-state index is 0.976. The van der Waals surface area contributed by atoms with Crippen molar-refractivity contribution in [3.63, 3.8) is 0 Å². The minimum absolute atomic E-state index is 0.976. The Morgan fingerprint density at radius 3 is 1.78 bits per heavy atom. The number of aromatic nitrogens is 1. The van der Waals surface area contributed by atoms with E-state index >= 15 is 0 Å². The molecule has 1 heterocycles. The van der Waals surface area contributed by atoms with Gasteiger partial charge in [-0.05, 0) is 88.7 Å². The maximum Gasteiger partial charge on any atom is 0.0537 e. The van der Waals surface area contributed by atoms with Crippen molar-refractivity contribution >= 4 is 33.9 Å². The molecule has 0 amide bonds. The van der Waals surface area contributed by atoms with Crippen molar-refractivity contribution in [1.29, 1.82) is 0 Å². The molecular weight excluding hydrogens is 605 g/mol. The lowest BCUT2D eigenvalue weighted by atomic mass is 9.89. The zero-order chi connectivity index (χ0) is 33.3. The quantitative estimate of drug-likeness (QED) is 0.183. The molecular formula is C48H36N2. The minimum Gasteiger partial charge on any atom is -0.355 e. The van der Waals surface area contributed by atoms with Crippen LogP contribution in [0, 0.1) is 0 Å². The predicted octanol–water partition coefficient (Wildman–Crippen LogP) is 12.9. The normalized spacial score (nSPS) is 12.4. The van der Waals surface area contributed by atoms with Crippen LogP contribution >= 0.6 is 0 Å². The predicted molar refractivity (Wildman–Crippen MR) is 212 cm³/mol. The Morgan fingerprint density at radius 1 is 0.420 bits per heavy atom. The van der Waals surface area contributed by atoms with Crippen LogP contribution in [0.5, 0.6) is 0 Å². The van der Waals surface area contributed by atoms with E-state index in [1.54, 1.807) is 0 Å².